The van der Waals surface area contributed by atoms with Gasteiger partial charge in [0.05, 0.1) is 6.04 Å². The summed E-state index contributed by atoms with van der Waals surface area (Å²) in [6.45, 7) is 0.845. The van der Waals surface area contributed by atoms with E-state index in [2.05, 4.69) is 34.3 Å². The lowest BCUT2D eigenvalue weighted by molar-refractivity contribution is 0.207. The Morgan fingerprint density at radius 2 is 2.09 bits per heavy atom. The van der Waals surface area contributed by atoms with Crippen LogP contribution in [0.2, 0.25) is 0 Å². The van der Waals surface area contributed by atoms with Gasteiger partial charge in [0, 0.05) is 12.2 Å². The summed E-state index contributed by atoms with van der Waals surface area (Å²) in [4.78, 5) is 14.6. The zero-order chi connectivity index (χ0) is 14.9. The largest absolute Gasteiger partial charge is 0.322 e. The highest BCUT2D eigenvalue weighted by Crippen LogP contribution is 2.33. The molecular formula is C18H20N2OS. The number of hydrogen-bond acceptors (Lipinski definition) is 2. The molecule has 2 heterocycles. The molecule has 0 saturated carbocycles. The number of hydrogen-bond donors (Lipinski definition) is 1. The highest BCUT2D eigenvalue weighted by Gasteiger charge is 2.30. The highest BCUT2D eigenvalue weighted by atomic mass is 32.1. The van der Waals surface area contributed by atoms with Crippen molar-refractivity contribution in [3.05, 3.63) is 51.7 Å². The predicted octanol–water partition coefficient (Wildman–Crippen LogP) is 4.61. The summed E-state index contributed by atoms with van der Waals surface area (Å²) < 4.78 is 0. The lowest BCUT2D eigenvalue weighted by Gasteiger charge is -2.24. The Morgan fingerprint density at radius 1 is 1.18 bits per heavy atom. The zero-order valence-electron chi connectivity index (χ0n) is 12.5. The zero-order valence-corrected chi connectivity index (χ0v) is 13.4. The second kappa shape index (κ2) is 5.76. The van der Waals surface area contributed by atoms with E-state index in [4.69, 9.17) is 0 Å². The molecule has 0 radical (unpaired) electrons. The average Bonchev–Trinajstić information content (AvgIpc) is 3.26. The van der Waals surface area contributed by atoms with Crippen LogP contribution in [0.3, 0.4) is 0 Å². The number of thiophene rings is 1. The molecule has 22 heavy (non-hydrogen) atoms. The first-order valence-corrected chi connectivity index (χ1v) is 8.97. The first-order chi connectivity index (χ1) is 10.8. The minimum atomic E-state index is 0.0339. The van der Waals surface area contributed by atoms with Crippen molar-refractivity contribution in [2.24, 2.45) is 0 Å². The van der Waals surface area contributed by atoms with E-state index in [0.717, 1.165) is 31.5 Å². The minimum Gasteiger partial charge on any atom is -0.317 e. The van der Waals surface area contributed by atoms with Crippen LogP contribution in [0.1, 0.15) is 42.0 Å². The van der Waals surface area contributed by atoms with Crippen molar-refractivity contribution in [1.29, 1.82) is 0 Å². The number of carbonyl (C=O) groups is 1. The van der Waals surface area contributed by atoms with Crippen LogP contribution in [-0.4, -0.2) is 17.5 Å². The molecule has 2 aromatic rings. The van der Waals surface area contributed by atoms with Crippen molar-refractivity contribution in [1.82, 2.24) is 4.90 Å². The van der Waals surface area contributed by atoms with Crippen molar-refractivity contribution in [3.8, 4) is 0 Å². The topological polar surface area (TPSA) is 32.3 Å². The molecule has 1 atom stereocenters. The Kier molecular flexibility index (Phi) is 3.62. The summed E-state index contributed by atoms with van der Waals surface area (Å²) in [6, 6.07) is 8.76. The van der Waals surface area contributed by atoms with Gasteiger partial charge in [-0.1, -0.05) is 6.07 Å². The Morgan fingerprint density at radius 3 is 2.95 bits per heavy atom. The van der Waals surface area contributed by atoms with Crippen LogP contribution in [0.4, 0.5) is 10.5 Å². The SMILES string of the molecule is O=C(Nc1ccc2c(c1)CCC2)N1CCC[C@@H]1c1ccsc1. The van der Waals surface area contributed by atoms with Gasteiger partial charge in [0.25, 0.3) is 0 Å². The minimum absolute atomic E-state index is 0.0339. The van der Waals surface area contributed by atoms with E-state index < -0.39 is 0 Å². The van der Waals surface area contributed by atoms with Crippen LogP contribution in [0, 0.1) is 0 Å². The van der Waals surface area contributed by atoms with E-state index in [9.17, 15) is 4.79 Å². The number of rotatable bonds is 2. The molecule has 4 heteroatoms. The third kappa shape index (κ3) is 2.52. The lowest BCUT2D eigenvalue weighted by atomic mass is 10.1. The average molecular weight is 312 g/mol. The summed E-state index contributed by atoms with van der Waals surface area (Å²) >= 11 is 1.70. The van der Waals surface area contributed by atoms with Crippen LogP contribution in [0.15, 0.2) is 35.0 Å². The van der Waals surface area contributed by atoms with Crippen LogP contribution in [0.25, 0.3) is 0 Å². The summed E-state index contributed by atoms with van der Waals surface area (Å²) in [6.07, 6.45) is 5.70. The number of aryl methyl sites for hydroxylation is 2. The normalized spacial score (nSPS) is 20.2. The van der Waals surface area contributed by atoms with Gasteiger partial charge in [0.15, 0.2) is 0 Å². The molecule has 1 fully saturated rings. The number of nitrogens with one attached hydrogen (secondary N) is 1. The van der Waals surface area contributed by atoms with Crippen molar-refractivity contribution < 1.29 is 4.79 Å². The van der Waals surface area contributed by atoms with Crippen molar-refractivity contribution >= 4 is 23.1 Å². The van der Waals surface area contributed by atoms with Gasteiger partial charge in [-0.3, -0.25) is 0 Å². The first kappa shape index (κ1) is 13.8. The van der Waals surface area contributed by atoms with E-state index in [1.165, 1.54) is 29.5 Å². The summed E-state index contributed by atoms with van der Waals surface area (Å²) in [5.74, 6) is 0. The molecule has 1 aromatic heterocycles. The molecule has 4 rings (SSSR count). The van der Waals surface area contributed by atoms with Gasteiger partial charge in [0.1, 0.15) is 0 Å². The molecule has 1 aromatic carbocycles. The molecule has 1 saturated heterocycles. The number of likely N-dealkylation sites (tertiary alicyclic amines) is 1. The fourth-order valence-corrected chi connectivity index (χ4v) is 4.37. The maximum atomic E-state index is 12.6. The number of nitrogens with zero attached hydrogens (tertiary/aromatic N) is 1. The van der Waals surface area contributed by atoms with E-state index in [0.29, 0.717) is 0 Å². The quantitative estimate of drug-likeness (QED) is 0.863. The molecule has 3 nitrogen and oxygen atoms in total. The molecule has 0 bridgehead atoms. The number of amides is 2. The van der Waals surface area contributed by atoms with Crippen LogP contribution in [-0.2, 0) is 12.8 Å². The third-order valence-corrected chi connectivity index (χ3v) is 5.49. The third-order valence-electron chi connectivity index (χ3n) is 4.79. The fourth-order valence-electron chi connectivity index (χ4n) is 3.67. The molecule has 1 aliphatic carbocycles. The second-order valence-electron chi connectivity index (χ2n) is 6.18. The molecule has 1 N–H and O–H groups in total. The molecular weight excluding hydrogens is 292 g/mol. The number of benzene rings is 1. The molecule has 0 spiro atoms. The van der Waals surface area contributed by atoms with Crippen LogP contribution < -0.4 is 5.32 Å². The number of anilines is 1. The first-order valence-electron chi connectivity index (χ1n) is 8.03. The molecule has 114 valence electrons. The molecule has 0 unspecified atom stereocenters. The van der Waals surface area contributed by atoms with Crippen LogP contribution >= 0.6 is 11.3 Å². The fraction of sp³-hybridized carbons (Fsp3) is 0.389. The Hall–Kier alpha value is -1.81. The summed E-state index contributed by atoms with van der Waals surface area (Å²) in [5, 5.41) is 7.34. The van der Waals surface area contributed by atoms with Gasteiger partial charge in [0.2, 0.25) is 0 Å². The van der Waals surface area contributed by atoms with E-state index in [1.807, 2.05) is 11.0 Å². The van der Waals surface area contributed by atoms with E-state index >= 15 is 0 Å². The second-order valence-corrected chi connectivity index (χ2v) is 6.96. The van der Waals surface area contributed by atoms with Gasteiger partial charge in [-0.15, -0.1) is 0 Å². The Labute approximate surface area is 135 Å². The highest BCUT2D eigenvalue weighted by molar-refractivity contribution is 7.07. The van der Waals surface area contributed by atoms with E-state index in [-0.39, 0.29) is 12.1 Å². The lowest BCUT2D eigenvalue weighted by Crippen LogP contribution is -2.34. The van der Waals surface area contributed by atoms with Crippen molar-refractivity contribution in [2.75, 3.05) is 11.9 Å². The number of fused-ring (bicyclic) bond motifs is 1. The van der Waals surface area contributed by atoms with Crippen molar-refractivity contribution in [2.45, 2.75) is 38.1 Å². The Bertz CT molecular complexity index is 680. The van der Waals surface area contributed by atoms with Gasteiger partial charge >= 0.3 is 6.03 Å². The molecule has 1 aliphatic heterocycles. The summed E-state index contributed by atoms with van der Waals surface area (Å²) in [5.41, 5.74) is 5.04. The predicted molar refractivity (Wildman–Crippen MR) is 90.5 cm³/mol. The van der Waals surface area contributed by atoms with Gasteiger partial charge < -0.3 is 10.2 Å². The van der Waals surface area contributed by atoms with Gasteiger partial charge in [-0.2, -0.15) is 11.3 Å². The maximum Gasteiger partial charge on any atom is 0.322 e. The van der Waals surface area contributed by atoms with Gasteiger partial charge in [-0.05, 0) is 77.8 Å². The number of urea groups is 1. The smallest absolute Gasteiger partial charge is 0.317 e. The number of carbonyl (C=O) groups excluding carboxylic acids is 1. The standard InChI is InChI=1S/C18H20N2OS/c21-18(19-16-7-6-13-3-1-4-14(13)11-16)20-9-2-5-17(20)15-8-10-22-12-15/h6-8,10-12,17H,1-5,9H2,(H,19,21)/t17-/m1/s1. The monoisotopic (exact) mass is 312 g/mol. The maximum absolute atomic E-state index is 12.6. The van der Waals surface area contributed by atoms with Crippen LogP contribution in [0.5, 0.6) is 0 Å². The molecule has 2 amide bonds. The van der Waals surface area contributed by atoms with Gasteiger partial charge in [-0.25, -0.2) is 4.79 Å². The van der Waals surface area contributed by atoms with Crippen molar-refractivity contribution in [3.63, 3.8) is 0 Å². The molecule has 2 aliphatic rings. The summed E-state index contributed by atoms with van der Waals surface area (Å²) in [7, 11) is 0. The van der Waals surface area contributed by atoms with E-state index in [1.54, 1.807) is 11.3 Å². The Balaban J connectivity index is 1.49.